The molecule has 0 radical (unpaired) electrons. The zero-order valence-corrected chi connectivity index (χ0v) is 51.3. The Labute approximate surface area is 493 Å². The molecule has 0 aromatic carbocycles. The number of esters is 12. The van der Waals surface area contributed by atoms with Crippen LogP contribution in [0.5, 0.6) is 0 Å². The normalized spacial score (nSPS) is 27.8. The van der Waals surface area contributed by atoms with Crippen LogP contribution in [0.25, 0.3) is 0 Å². The SMILES string of the molecule is CCCCCCCCCCCC[Si](OC1OC(COC(C)=O)C(OC(C)=O)C(OC(C)=O)C1OC(C)=O)(OC1OC(COC(C)=O)C(OC(C)=O)C(OC(C)=O)C1OC(C)=O)OC1OC(COC(C)=O)C(OC(C)=O)C(OC(C)=O)C1OC(C)=O. The first-order chi connectivity index (χ1) is 39.9. The average Bonchev–Trinajstić information content (AvgIpc) is 2.64. The number of unbranched alkanes of at least 4 members (excludes halogenated alkanes) is 9. The maximum Gasteiger partial charge on any atom is 0.507 e. The Bertz CT molecular complexity index is 2070. The Morgan fingerprint density at radius 3 is 0.718 bits per heavy atom. The molecule has 15 atom stereocenters. The smallest absolute Gasteiger partial charge is 0.463 e. The van der Waals surface area contributed by atoms with Crippen LogP contribution in [-0.2, 0) is 142 Å². The summed E-state index contributed by atoms with van der Waals surface area (Å²) in [5.41, 5.74) is 0. The molecule has 0 saturated carbocycles. The molecule has 3 aliphatic heterocycles. The minimum atomic E-state index is -5.54. The molecule has 3 aliphatic rings. The third kappa shape index (κ3) is 25.2. The van der Waals surface area contributed by atoms with Gasteiger partial charge in [0.05, 0.1) is 0 Å². The minimum absolute atomic E-state index is 0.0177. The molecule has 3 fully saturated rings. The van der Waals surface area contributed by atoms with Gasteiger partial charge in [0.25, 0.3) is 0 Å². The van der Waals surface area contributed by atoms with E-state index in [0.29, 0.717) is 12.8 Å². The van der Waals surface area contributed by atoms with Crippen molar-refractivity contribution >= 4 is 80.4 Å². The average molecular weight is 1240 g/mol. The van der Waals surface area contributed by atoms with Gasteiger partial charge in [-0.25, -0.2) is 0 Å². The Kier molecular flexibility index (Phi) is 30.8. The minimum Gasteiger partial charge on any atom is -0.463 e. The molecule has 15 unspecified atom stereocenters. The van der Waals surface area contributed by atoms with Gasteiger partial charge in [0.2, 0.25) is 0 Å². The number of hydrogen-bond acceptors (Lipinski definition) is 30. The van der Waals surface area contributed by atoms with Crippen LogP contribution in [0.2, 0.25) is 6.04 Å². The molecule has 0 N–H and O–H groups in total. The summed E-state index contributed by atoms with van der Waals surface area (Å²) in [4.78, 5) is 155. The van der Waals surface area contributed by atoms with Gasteiger partial charge in [-0.05, 0) is 6.42 Å². The third-order valence-electron chi connectivity index (χ3n) is 12.6. The first kappa shape index (κ1) is 72.9. The summed E-state index contributed by atoms with van der Waals surface area (Å²) < 4.78 is 108. The van der Waals surface area contributed by atoms with Crippen LogP contribution in [0.15, 0.2) is 0 Å². The van der Waals surface area contributed by atoms with Crippen molar-refractivity contribution < 1.29 is 142 Å². The largest absolute Gasteiger partial charge is 0.507 e. The van der Waals surface area contributed by atoms with E-state index in [-0.39, 0.29) is 6.42 Å². The van der Waals surface area contributed by atoms with E-state index in [4.69, 9.17) is 84.3 Å². The van der Waals surface area contributed by atoms with E-state index in [1.807, 2.05) is 0 Å². The Morgan fingerprint density at radius 1 is 0.282 bits per heavy atom. The van der Waals surface area contributed by atoms with Crippen molar-refractivity contribution in [2.24, 2.45) is 0 Å². The van der Waals surface area contributed by atoms with Crippen molar-refractivity contribution in [1.82, 2.24) is 0 Å². The van der Waals surface area contributed by atoms with Gasteiger partial charge in [-0.3, -0.25) is 57.5 Å². The second kappa shape index (κ2) is 35.9. The summed E-state index contributed by atoms with van der Waals surface area (Å²) in [5.74, 6) is -11.9. The predicted octanol–water partition coefficient (Wildman–Crippen LogP) is 3.15. The first-order valence-corrected chi connectivity index (χ1v) is 29.8. The maximum atomic E-state index is 13.3. The van der Waals surface area contributed by atoms with E-state index < -0.39 is 198 Å². The fourth-order valence-electron chi connectivity index (χ4n) is 9.47. The molecule has 85 heavy (non-hydrogen) atoms. The standard InChI is InChI=1S/C54H82O30Si/c1-14-15-16-17-18-19-20-21-22-23-24-85(82-52-49(76-37(11)64)46(73-34(8)61)43(70-31(5)58)40(79-52)25-67-28(2)55,83-53-50(77-38(12)65)47(74-35(9)62)44(71-32(6)59)41(80-53)26-68-29(3)56)84-54-51(78-39(13)66)48(75-36(10)63)45(72-33(7)60)42(81-54)27-69-30(4)57/h40-54H,14-27H2,1-13H3. The molecule has 0 aromatic rings. The summed E-state index contributed by atoms with van der Waals surface area (Å²) in [6.07, 6.45) is -21.1. The Morgan fingerprint density at radius 2 is 0.494 bits per heavy atom. The molecule has 3 saturated heterocycles. The lowest BCUT2D eigenvalue weighted by Gasteiger charge is -2.50. The van der Waals surface area contributed by atoms with E-state index in [9.17, 15) is 57.5 Å². The van der Waals surface area contributed by atoms with Crippen LogP contribution in [0.1, 0.15) is 154 Å². The van der Waals surface area contributed by atoms with Crippen LogP contribution in [0, 0.1) is 0 Å². The fourth-order valence-corrected chi connectivity index (χ4v) is 12.3. The van der Waals surface area contributed by atoms with Gasteiger partial charge in [0.15, 0.2) is 73.8 Å². The van der Waals surface area contributed by atoms with E-state index in [1.165, 1.54) is 0 Å². The highest BCUT2D eigenvalue weighted by Gasteiger charge is 2.63. The van der Waals surface area contributed by atoms with Crippen LogP contribution in [-0.4, -0.2) is 192 Å². The van der Waals surface area contributed by atoms with Gasteiger partial charge in [-0.2, -0.15) is 0 Å². The molecular formula is C54H82O30Si. The van der Waals surface area contributed by atoms with Crippen molar-refractivity contribution in [3.63, 3.8) is 0 Å². The molecule has 0 bridgehead atoms. The molecule has 482 valence electrons. The molecule has 3 heterocycles. The van der Waals surface area contributed by atoms with Gasteiger partial charge in [-0.15, -0.1) is 0 Å². The number of carbonyl (C=O) groups is 12. The van der Waals surface area contributed by atoms with Crippen molar-refractivity contribution in [3.8, 4) is 0 Å². The quantitative estimate of drug-likeness (QED) is 0.0404. The highest BCUT2D eigenvalue weighted by atomic mass is 28.4. The molecule has 30 nitrogen and oxygen atoms in total. The molecule has 0 aromatic heterocycles. The third-order valence-corrected chi connectivity index (χ3v) is 15.3. The van der Waals surface area contributed by atoms with Crippen molar-refractivity contribution in [3.05, 3.63) is 0 Å². The molecule has 0 aliphatic carbocycles. The Hall–Kier alpha value is -6.38. The lowest BCUT2D eigenvalue weighted by molar-refractivity contribution is -0.329. The molecule has 0 spiro atoms. The monoisotopic (exact) mass is 1240 g/mol. The summed E-state index contributed by atoms with van der Waals surface area (Å²) in [7, 11) is -5.54. The Balaban J connectivity index is 2.63. The van der Waals surface area contributed by atoms with E-state index in [1.54, 1.807) is 0 Å². The number of carbonyl (C=O) groups excluding carboxylic acids is 12. The number of ether oxygens (including phenoxy) is 15. The van der Waals surface area contributed by atoms with Crippen LogP contribution < -0.4 is 0 Å². The van der Waals surface area contributed by atoms with Crippen molar-refractivity contribution in [1.29, 1.82) is 0 Å². The zero-order valence-electron chi connectivity index (χ0n) is 50.3. The molecule has 0 amide bonds. The second-order valence-electron chi connectivity index (χ2n) is 20.2. The van der Waals surface area contributed by atoms with Gasteiger partial charge >= 0.3 is 80.4 Å². The van der Waals surface area contributed by atoms with E-state index in [0.717, 1.165) is 128 Å². The number of rotatable bonds is 32. The highest BCUT2D eigenvalue weighted by Crippen LogP contribution is 2.40. The second-order valence-corrected chi connectivity index (χ2v) is 22.7. The maximum absolute atomic E-state index is 13.3. The summed E-state index contributed by atoms with van der Waals surface area (Å²) >= 11 is 0. The van der Waals surface area contributed by atoms with Gasteiger partial charge < -0.3 is 84.3 Å². The van der Waals surface area contributed by atoms with E-state index in [2.05, 4.69) is 6.92 Å². The highest BCUT2D eigenvalue weighted by molar-refractivity contribution is 6.60. The lowest BCUT2D eigenvalue weighted by Crippen LogP contribution is -2.70. The van der Waals surface area contributed by atoms with Crippen molar-refractivity contribution in [2.75, 3.05) is 19.8 Å². The van der Waals surface area contributed by atoms with Crippen LogP contribution in [0.3, 0.4) is 0 Å². The van der Waals surface area contributed by atoms with Crippen molar-refractivity contribution in [2.45, 2.75) is 252 Å². The van der Waals surface area contributed by atoms with Crippen LogP contribution in [0.4, 0.5) is 0 Å². The topological polar surface area (TPSA) is 371 Å². The fraction of sp³-hybridized carbons (Fsp3) is 0.778. The molecular weight excluding hydrogens is 1160 g/mol. The summed E-state index contributed by atoms with van der Waals surface area (Å²) in [6, 6.07) is -0.490. The summed E-state index contributed by atoms with van der Waals surface area (Å²) in [6.45, 7) is 11.6. The van der Waals surface area contributed by atoms with Gasteiger partial charge in [0, 0.05) is 89.1 Å². The lowest BCUT2D eigenvalue weighted by atomic mass is 9.98. The zero-order chi connectivity index (χ0) is 63.7. The van der Waals surface area contributed by atoms with Gasteiger partial charge in [0.1, 0.15) is 38.1 Å². The molecule has 3 rings (SSSR count). The van der Waals surface area contributed by atoms with Gasteiger partial charge in [-0.1, -0.05) is 64.7 Å². The predicted molar refractivity (Wildman–Crippen MR) is 282 cm³/mol. The van der Waals surface area contributed by atoms with E-state index >= 15 is 0 Å². The first-order valence-electron chi connectivity index (χ1n) is 27.9. The number of hydrogen-bond donors (Lipinski definition) is 0. The van der Waals surface area contributed by atoms with Crippen LogP contribution >= 0.6 is 0 Å². The molecule has 31 heteroatoms. The summed E-state index contributed by atoms with van der Waals surface area (Å²) in [5, 5.41) is 0.